The van der Waals surface area contributed by atoms with Crippen LogP contribution in [-0.2, 0) is 16.0 Å². The van der Waals surface area contributed by atoms with E-state index in [1.54, 1.807) is 12.1 Å². The van der Waals surface area contributed by atoms with Crippen LogP contribution in [0, 0.1) is 0 Å². The first-order valence-corrected chi connectivity index (χ1v) is 11.9. The number of carbonyl (C=O) groups excluding carboxylic acids is 3. The largest absolute Gasteiger partial charge is 0.349 e. The molecule has 0 bridgehead atoms. The lowest BCUT2D eigenvalue weighted by Gasteiger charge is -2.19. The number of fused-ring (bicyclic) bond motifs is 1. The average molecular weight is 477 g/mol. The molecular weight excluding hydrogens is 448 g/mol. The lowest BCUT2D eigenvalue weighted by molar-refractivity contribution is -0.124. The molecule has 0 aromatic heterocycles. The first kappa shape index (κ1) is 24.6. The molecule has 2 amide bonds. The summed E-state index contributed by atoms with van der Waals surface area (Å²) < 4.78 is 0. The van der Waals surface area contributed by atoms with E-state index in [-0.39, 0.29) is 24.1 Å². The van der Waals surface area contributed by atoms with Crippen molar-refractivity contribution in [2.75, 3.05) is 6.54 Å². The molecule has 0 radical (unpaired) electrons. The number of Topliss-reactive ketones (excluding diaryl/α,β-unsaturated/α-hetero) is 1. The molecule has 0 fully saturated rings. The molecule has 5 heteroatoms. The zero-order valence-electron chi connectivity index (χ0n) is 20.1. The molecule has 0 aliphatic rings. The topological polar surface area (TPSA) is 75.3 Å². The summed E-state index contributed by atoms with van der Waals surface area (Å²) in [6.45, 7) is 1.22. The molecule has 0 saturated carbocycles. The number of amides is 2. The fourth-order valence-electron chi connectivity index (χ4n) is 4.01. The molecule has 36 heavy (non-hydrogen) atoms. The minimum atomic E-state index is -0.774. The predicted octanol–water partition coefficient (Wildman–Crippen LogP) is 5.06. The molecule has 4 aromatic rings. The maximum atomic E-state index is 13.3. The highest BCUT2D eigenvalue weighted by atomic mass is 16.2. The Labute approximate surface area is 210 Å². The summed E-state index contributed by atoms with van der Waals surface area (Å²) in [5, 5.41) is 7.75. The van der Waals surface area contributed by atoms with Crippen LogP contribution < -0.4 is 10.6 Å². The van der Waals surface area contributed by atoms with Gasteiger partial charge in [0.15, 0.2) is 5.78 Å². The molecule has 0 unspecified atom stereocenters. The summed E-state index contributed by atoms with van der Waals surface area (Å²) in [4.78, 5) is 37.5. The Bertz CT molecular complexity index is 1410. The SMILES string of the molecule is CC(=O)NCC(=O)[C@H](Cc1ccccc1)NC(=O)c1ccccc1C=Cc1ccc2ccccc2c1. The minimum absolute atomic E-state index is 0.142. The fourth-order valence-corrected chi connectivity index (χ4v) is 4.01. The molecule has 0 spiro atoms. The van der Waals surface area contributed by atoms with Crippen LogP contribution in [0.3, 0.4) is 0 Å². The lowest BCUT2D eigenvalue weighted by atomic mass is 10.00. The van der Waals surface area contributed by atoms with E-state index in [1.165, 1.54) is 12.3 Å². The van der Waals surface area contributed by atoms with Crippen molar-refractivity contribution in [3.05, 3.63) is 119 Å². The molecule has 4 rings (SSSR count). The molecule has 4 aromatic carbocycles. The second kappa shape index (κ2) is 11.8. The summed E-state index contributed by atoms with van der Waals surface area (Å²) in [7, 11) is 0. The summed E-state index contributed by atoms with van der Waals surface area (Å²) >= 11 is 0. The maximum Gasteiger partial charge on any atom is 0.252 e. The van der Waals surface area contributed by atoms with E-state index in [0.717, 1.165) is 22.1 Å². The van der Waals surface area contributed by atoms with Gasteiger partial charge < -0.3 is 10.6 Å². The molecule has 5 nitrogen and oxygen atoms in total. The van der Waals surface area contributed by atoms with Crippen molar-refractivity contribution in [2.24, 2.45) is 0 Å². The molecule has 0 aliphatic carbocycles. The van der Waals surface area contributed by atoms with Gasteiger partial charge in [-0.05, 0) is 46.0 Å². The third-order valence-corrected chi connectivity index (χ3v) is 5.92. The molecule has 0 saturated heterocycles. The van der Waals surface area contributed by atoms with Gasteiger partial charge >= 0.3 is 0 Å². The maximum absolute atomic E-state index is 13.3. The standard InChI is InChI=1S/C31H28N2O3/c1-22(34)32-21-30(35)29(20-23-9-3-2-4-10-23)33-31(36)28-14-8-7-12-26(28)18-16-24-15-17-25-11-5-6-13-27(25)19-24/h2-19,29H,20-21H2,1H3,(H,32,34)(H,33,36)/t29-/m0/s1. The van der Waals surface area contributed by atoms with E-state index in [9.17, 15) is 14.4 Å². The second-order valence-corrected chi connectivity index (χ2v) is 8.62. The highest BCUT2D eigenvalue weighted by molar-refractivity contribution is 6.02. The number of hydrogen-bond donors (Lipinski definition) is 2. The Morgan fingerprint density at radius 2 is 1.47 bits per heavy atom. The van der Waals surface area contributed by atoms with Gasteiger partial charge in [0.25, 0.3) is 5.91 Å². The van der Waals surface area contributed by atoms with Crippen molar-refractivity contribution < 1.29 is 14.4 Å². The number of hydrogen-bond acceptors (Lipinski definition) is 3. The quantitative estimate of drug-likeness (QED) is 0.332. The number of nitrogens with one attached hydrogen (secondary N) is 2. The third kappa shape index (κ3) is 6.54. The number of carbonyl (C=O) groups is 3. The van der Waals surface area contributed by atoms with Crippen molar-refractivity contribution in [2.45, 2.75) is 19.4 Å². The van der Waals surface area contributed by atoms with Crippen LogP contribution in [0.25, 0.3) is 22.9 Å². The first-order chi connectivity index (χ1) is 17.5. The van der Waals surface area contributed by atoms with Crippen LogP contribution in [0.2, 0.25) is 0 Å². The van der Waals surface area contributed by atoms with Crippen molar-refractivity contribution >= 4 is 40.5 Å². The van der Waals surface area contributed by atoms with Gasteiger partial charge in [-0.2, -0.15) is 0 Å². The van der Waals surface area contributed by atoms with Gasteiger partial charge in [0.2, 0.25) is 5.91 Å². The highest BCUT2D eigenvalue weighted by Crippen LogP contribution is 2.19. The van der Waals surface area contributed by atoms with Crippen LogP contribution in [0.1, 0.15) is 34.0 Å². The van der Waals surface area contributed by atoms with Crippen LogP contribution in [-0.4, -0.2) is 30.2 Å². The molecule has 0 aliphatic heterocycles. The highest BCUT2D eigenvalue weighted by Gasteiger charge is 2.22. The zero-order valence-corrected chi connectivity index (χ0v) is 20.1. The Hall–Kier alpha value is -4.51. The van der Waals surface area contributed by atoms with Crippen LogP contribution in [0.5, 0.6) is 0 Å². The zero-order chi connectivity index (χ0) is 25.3. The van der Waals surface area contributed by atoms with Crippen LogP contribution in [0.4, 0.5) is 0 Å². The Balaban J connectivity index is 1.55. The normalized spacial score (nSPS) is 11.8. The van der Waals surface area contributed by atoms with Crippen molar-refractivity contribution in [3.63, 3.8) is 0 Å². The van der Waals surface area contributed by atoms with E-state index in [4.69, 9.17) is 0 Å². The van der Waals surface area contributed by atoms with Gasteiger partial charge in [-0.15, -0.1) is 0 Å². The Morgan fingerprint density at radius 3 is 2.25 bits per heavy atom. The van der Waals surface area contributed by atoms with E-state index in [1.807, 2.05) is 72.8 Å². The van der Waals surface area contributed by atoms with E-state index < -0.39 is 6.04 Å². The summed E-state index contributed by atoms with van der Waals surface area (Å²) in [6, 6.07) is 30.4. The summed E-state index contributed by atoms with van der Waals surface area (Å²) in [5.41, 5.74) is 3.16. The third-order valence-electron chi connectivity index (χ3n) is 5.92. The Kier molecular flexibility index (Phi) is 8.04. The first-order valence-electron chi connectivity index (χ1n) is 11.9. The summed E-state index contributed by atoms with van der Waals surface area (Å²) in [5.74, 6) is -0.894. The molecule has 2 N–H and O–H groups in total. The van der Waals surface area contributed by atoms with Gasteiger partial charge in [-0.1, -0.05) is 97.1 Å². The monoisotopic (exact) mass is 476 g/mol. The average Bonchev–Trinajstić information content (AvgIpc) is 2.90. The minimum Gasteiger partial charge on any atom is -0.349 e. The lowest BCUT2D eigenvalue weighted by Crippen LogP contribution is -2.46. The van der Waals surface area contributed by atoms with Crippen molar-refractivity contribution in [1.29, 1.82) is 0 Å². The van der Waals surface area contributed by atoms with Gasteiger partial charge in [0.1, 0.15) is 0 Å². The number of ketones is 1. The molecule has 0 heterocycles. The number of benzene rings is 4. The smallest absolute Gasteiger partial charge is 0.252 e. The number of rotatable bonds is 9. The second-order valence-electron chi connectivity index (χ2n) is 8.62. The summed E-state index contributed by atoms with van der Waals surface area (Å²) in [6.07, 6.45) is 4.21. The van der Waals surface area contributed by atoms with Crippen molar-refractivity contribution in [1.82, 2.24) is 10.6 Å². The van der Waals surface area contributed by atoms with E-state index in [0.29, 0.717) is 12.0 Å². The molecule has 1 atom stereocenters. The van der Waals surface area contributed by atoms with Gasteiger partial charge in [-0.25, -0.2) is 0 Å². The molecule has 180 valence electrons. The van der Waals surface area contributed by atoms with Crippen LogP contribution in [0.15, 0.2) is 97.1 Å². The fraction of sp³-hybridized carbons (Fsp3) is 0.129. The van der Waals surface area contributed by atoms with Gasteiger partial charge in [-0.3, -0.25) is 14.4 Å². The van der Waals surface area contributed by atoms with E-state index >= 15 is 0 Å². The van der Waals surface area contributed by atoms with Gasteiger partial charge in [0, 0.05) is 12.5 Å². The van der Waals surface area contributed by atoms with Crippen molar-refractivity contribution in [3.8, 4) is 0 Å². The predicted molar refractivity (Wildman–Crippen MR) is 144 cm³/mol. The van der Waals surface area contributed by atoms with Crippen LogP contribution >= 0.6 is 0 Å². The van der Waals surface area contributed by atoms with Gasteiger partial charge in [0.05, 0.1) is 12.6 Å². The molecular formula is C31H28N2O3. The Morgan fingerprint density at radius 1 is 0.778 bits per heavy atom. The van der Waals surface area contributed by atoms with E-state index in [2.05, 4.69) is 34.9 Å².